The molecule has 0 radical (unpaired) electrons. The van der Waals surface area contributed by atoms with Gasteiger partial charge < -0.3 is 0 Å². The van der Waals surface area contributed by atoms with Gasteiger partial charge in [-0.05, 0) is 0 Å². The second kappa shape index (κ2) is 8.34. The van der Waals surface area contributed by atoms with Crippen molar-refractivity contribution in [2.45, 2.75) is 19.6 Å². The molecule has 0 saturated heterocycles. The Hall–Kier alpha value is -2.08. The number of hydrogen-bond acceptors (Lipinski definition) is 0. The van der Waals surface area contributed by atoms with E-state index in [0.29, 0.717) is 0 Å². The van der Waals surface area contributed by atoms with Crippen LogP contribution < -0.4 is 19.2 Å². The number of benzene rings is 4. The molecule has 4 aromatic carbocycles. The van der Waals surface area contributed by atoms with Crippen LogP contribution in [0.15, 0.2) is 115 Å². The van der Waals surface area contributed by atoms with Crippen molar-refractivity contribution in [2.24, 2.45) is 0 Å². The summed E-state index contributed by atoms with van der Waals surface area (Å²) < 4.78 is 6.13. The van der Waals surface area contributed by atoms with Gasteiger partial charge in [-0.25, -0.2) is 0 Å². The van der Waals surface area contributed by atoms with Gasteiger partial charge >= 0.3 is 181 Å². The summed E-state index contributed by atoms with van der Waals surface area (Å²) in [7, 11) is -1.54. The van der Waals surface area contributed by atoms with Crippen LogP contribution in [0.5, 0.6) is 0 Å². The third-order valence-corrected chi connectivity index (χ3v) is 20.5. The van der Waals surface area contributed by atoms with Gasteiger partial charge in [0.25, 0.3) is 0 Å². The van der Waals surface area contributed by atoms with E-state index in [2.05, 4.69) is 135 Å². The summed E-state index contributed by atoms with van der Waals surface area (Å²) in [6.45, 7) is 7.42. The van der Waals surface area contributed by atoms with Gasteiger partial charge in [0, 0.05) is 0 Å². The third kappa shape index (κ3) is 3.74. The van der Waals surface area contributed by atoms with Crippen LogP contribution in [0.3, 0.4) is 0 Å². The zero-order valence-corrected chi connectivity index (χ0v) is 21.0. The molecule has 0 bridgehead atoms. The molecule has 2 heteroatoms. The normalized spacial score (nSPS) is 12.0. The molecule has 144 valence electrons. The Bertz CT molecular complexity index is 971. The van der Waals surface area contributed by atoms with Crippen molar-refractivity contribution in [1.82, 2.24) is 0 Å². The van der Waals surface area contributed by atoms with Gasteiger partial charge in [0.05, 0.1) is 0 Å². The van der Waals surface area contributed by atoms with Crippen molar-refractivity contribution in [2.75, 3.05) is 0 Å². The molecule has 4 aromatic rings. The summed E-state index contributed by atoms with van der Waals surface area (Å²) >= 11 is -3.33. The van der Waals surface area contributed by atoms with Crippen LogP contribution in [0.1, 0.15) is 0 Å². The average Bonchev–Trinajstić information content (AvgIpc) is 2.76. The molecule has 0 nitrogen and oxygen atoms in total. The Morgan fingerprint density at radius 2 is 0.793 bits per heavy atom. The summed E-state index contributed by atoms with van der Waals surface area (Å²) in [5.41, 5.74) is 0. The maximum atomic E-state index is 2.47. The van der Waals surface area contributed by atoms with E-state index < -0.39 is 26.9 Å². The van der Waals surface area contributed by atoms with E-state index in [1.165, 1.54) is 10.5 Å². The topological polar surface area (TPSA) is 0 Å². The molecule has 4 rings (SSSR count). The van der Waals surface area contributed by atoms with E-state index in [1.54, 1.807) is 8.70 Å². The second-order valence-corrected chi connectivity index (χ2v) is 23.1. The zero-order valence-electron chi connectivity index (χ0n) is 17.4. The third-order valence-electron chi connectivity index (χ3n) is 5.50. The van der Waals surface area contributed by atoms with Gasteiger partial charge in [-0.1, -0.05) is 0 Å². The fourth-order valence-electron chi connectivity index (χ4n) is 4.22. The van der Waals surface area contributed by atoms with E-state index in [9.17, 15) is 0 Å². The second-order valence-electron chi connectivity index (χ2n) is 8.44. The number of hydrogen-bond donors (Lipinski definition) is 0. The Morgan fingerprint density at radius 3 is 1.17 bits per heavy atom. The molecule has 0 unspecified atom stereocenters. The van der Waals surface area contributed by atoms with Crippen molar-refractivity contribution in [3.05, 3.63) is 115 Å². The molecule has 0 aliphatic rings. The van der Waals surface area contributed by atoms with Gasteiger partial charge in [-0.3, -0.25) is 0 Å². The predicted molar refractivity (Wildman–Crippen MR) is 133 cm³/mol. The Kier molecular flexibility index (Phi) is 5.81. The molecular formula is C27H28SbSi+. The maximum absolute atomic E-state index is 3.33. The molecule has 0 N–H and O–H groups in total. The van der Waals surface area contributed by atoms with Gasteiger partial charge in [0.1, 0.15) is 0 Å². The first-order chi connectivity index (χ1) is 14.0. The van der Waals surface area contributed by atoms with Crippen LogP contribution in [-0.4, -0.2) is 26.9 Å². The Labute approximate surface area is 180 Å². The van der Waals surface area contributed by atoms with Crippen LogP contribution in [0.2, 0.25) is 19.6 Å². The molecular weight excluding hydrogens is 474 g/mol. The Balaban J connectivity index is 2.20. The van der Waals surface area contributed by atoms with Crippen LogP contribution in [-0.2, 0) is 0 Å². The van der Waals surface area contributed by atoms with Crippen LogP contribution in [0.25, 0.3) is 0 Å². The molecule has 0 aliphatic carbocycles. The average molecular weight is 502 g/mol. The van der Waals surface area contributed by atoms with E-state index in [4.69, 9.17) is 0 Å². The summed E-state index contributed by atoms with van der Waals surface area (Å²) in [4.78, 5) is 0. The van der Waals surface area contributed by atoms with E-state index >= 15 is 0 Å². The zero-order chi connectivity index (χ0) is 20.3. The SMILES string of the molecule is C[Si](C)(C)c1cccc[c]1[Sb+]([c]1ccccc1)([c]1ccccc1)[c]1ccccc1. The van der Waals surface area contributed by atoms with Gasteiger partial charge in [0.15, 0.2) is 0 Å². The van der Waals surface area contributed by atoms with Gasteiger partial charge in [-0.2, -0.15) is 0 Å². The summed E-state index contributed by atoms with van der Waals surface area (Å²) in [6.07, 6.45) is 0. The summed E-state index contributed by atoms with van der Waals surface area (Å²) in [6, 6.07) is 43.2. The quantitative estimate of drug-likeness (QED) is 0.366. The molecule has 0 aliphatic heterocycles. The minimum atomic E-state index is -3.33. The van der Waals surface area contributed by atoms with E-state index in [0.717, 1.165) is 0 Å². The number of rotatable bonds is 5. The van der Waals surface area contributed by atoms with Crippen molar-refractivity contribution in [3.8, 4) is 0 Å². The molecule has 29 heavy (non-hydrogen) atoms. The van der Waals surface area contributed by atoms with Crippen LogP contribution in [0, 0.1) is 0 Å². The molecule has 0 saturated carbocycles. The molecule has 0 aromatic heterocycles. The Morgan fingerprint density at radius 1 is 0.448 bits per heavy atom. The first-order valence-corrected chi connectivity index (χ1v) is 18.8. The van der Waals surface area contributed by atoms with Crippen LogP contribution >= 0.6 is 0 Å². The van der Waals surface area contributed by atoms with Crippen molar-refractivity contribution in [1.29, 1.82) is 0 Å². The van der Waals surface area contributed by atoms with E-state index in [-0.39, 0.29) is 0 Å². The first kappa shape index (κ1) is 20.2. The van der Waals surface area contributed by atoms with Gasteiger partial charge in [0.2, 0.25) is 0 Å². The van der Waals surface area contributed by atoms with Crippen LogP contribution in [0.4, 0.5) is 0 Å². The molecule has 0 atom stereocenters. The predicted octanol–water partition coefficient (Wildman–Crippen LogP) is 3.61. The summed E-state index contributed by atoms with van der Waals surface area (Å²) in [5, 5.41) is 1.60. The summed E-state index contributed by atoms with van der Waals surface area (Å²) in [5.74, 6) is 0. The van der Waals surface area contributed by atoms with Crippen molar-refractivity contribution < 1.29 is 0 Å². The molecule has 0 heterocycles. The molecule has 0 amide bonds. The van der Waals surface area contributed by atoms with Crippen molar-refractivity contribution in [3.63, 3.8) is 0 Å². The van der Waals surface area contributed by atoms with Gasteiger partial charge in [-0.15, -0.1) is 0 Å². The van der Waals surface area contributed by atoms with E-state index in [1.807, 2.05) is 0 Å². The molecule has 0 fully saturated rings. The van der Waals surface area contributed by atoms with Crippen molar-refractivity contribution >= 4 is 46.1 Å². The fourth-order valence-corrected chi connectivity index (χ4v) is 22.0. The fraction of sp³-hybridized carbons (Fsp3) is 0.111. The standard InChI is InChI=1S/C9H13Si.3C6H5.Sb/c1-10(2,3)9-7-5-4-6-8-9;3*1-2-4-6-5-3-1;/h4-7H,1-3H3;3*1-5H;/q;;;;+1. The first-order valence-electron chi connectivity index (χ1n) is 10.2. The molecule has 0 spiro atoms. The monoisotopic (exact) mass is 501 g/mol. The minimum absolute atomic E-state index is 1.51.